The average Bonchev–Trinajstić information content (AvgIpc) is 2.71. The van der Waals surface area contributed by atoms with E-state index in [9.17, 15) is 0 Å². The van der Waals surface area contributed by atoms with E-state index in [1.165, 1.54) is 96.3 Å². The first kappa shape index (κ1) is 27.8. The minimum Gasteiger partial charge on any atom is -0.377 e. The van der Waals surface area contributed by atoms with Crippen LogP contribution in [0.3, 0.4) is 0 Å². The summed E-state index contributed by atoms with van der Waals surface area (Å²) in [7, 11) is 0. The number of hydrogen-bond acceptors (Lipinski definition) is 4. The topological polar surface area (TPSA) is 59.3 Å². The summed E-state index contributed by atoms with van der Waals surface area (Å²) in [5.74, 6) is 0. The normalized spacial score (nSPS) is 12.5. The molecular weight excluding hydrogens is 346 g/mol. The summed E-state index contributed by atoms with van der Waals surface area (Å²) in [6, 6.07) is 0. The Kier molecular flexibility index (Phi) is 24.7. The summed E-state index contributed by atoms with van der Waals surface area (Å²) in [6.07, 6.45) is 20.9. The Hall–Kier alpha value is -0.160. The molecule has 0 amide bonds. The largest absolute Gasteiger partial charge is 0.377 e. The molecule has 0 spiro atoms. The Balaban J connectivity index is 3.78. The number of hydrogen-bond donors (Lipinski definition) is 3. The molecule has 0 aliphatic carbocycles. The molecule has 170 valence electrons. The van der Waals surface area contributed by atoms with E-state index in [2.05, 4.69) is 24.5 Å². The van der Waals surface area contributed by atoms with Crippen molar-refractivity contribution in [2.45, 2.75) is 116 Å². The Morgan fingerprint density at radius 1 is 0.607 bits per heavy atom. The molecule has 0 radical (unpaired) electrons. The van der Waals surface area contributed by atoms with Crippen molar-refractivity contribution in [2.75, 3.05) is 39.3 Å². The van der Waals surface area contributed by atoms with Gasteiger partial charge in [0.05, 0.1) is 12.7 Å². The lowest BCUT2D eigenvalue weighted by Gasteiger charge is -2.18. The van der Waals surface area contributed by atoms with Crippen LogP contribution in [0.25, 0.3) is 0 Å². The minimum absolute atomic E-state index is 0.471. The highest BCUT2D eigenvalue weighted by molar-refractivity contribution is 4.61. The van der Waals surface area contributed by atoms with Crippen molar-refractivity contribution >= 4 is 0 Å². The minimum atomic E-state index is 0.471. The first-order valence-electron chi connectivity index (χ1n) is 12.6. The third-order valence-corrected chi connectivity index (χ3v) is 5.44. The SMILES string of the molecule is CCCCCCCCCC(CCCCCCCC)OCCNCCNCCN. The van der Waals surface area contributed by atoms with E-state index in [0.29, 0.717) is 12.6 Å². The van der Waals surface area contributed by atoms with Gasteiger partial charge in [-0.3, -0.25) is 0 Å². The third-order valence-electron chi connectivity index (χ3n) is 5.44. The van der Waals surface area contributed by atoms with E-state index in [1.807, 2.05) is 0 Å². The monoisotopic (exact) mass is 399 g/mol. The highest BCUT2D eigenvalue weighted by Crippen LogP contribution is 2.16. The lowest BCUT2D eigenvalue weighted by molar-refractivity contribution is 0.0401. The van der Waals surface area contributed by atoms with Crippen molar-refractivity contribution in [1.82, 2.24) is 10.6 Å². The fraction of sp³-hybridized carbons (Fsp3) is 1.00. The van der Waals surface area contributed by atoms with Gasteiger partial charge in [-0.2, -0.15) is 0 Å². The van der Waals surface area contributed by atoms with Gasteiger partial charge in [0.2, 0.25) is 0 Å². The summed E-state index contributed by atoms with van der Waals surface area (Å²) in [5, 5.41) is 6.77. The maximum absolute atomic E-state index is 6.24. The Bertz CT molecular complexity index is 277. The predicted molar refractivity (Wildman–Crippen MR) is 125 cm³/mol. The lowest BCUT2D eigenvalue weighted by atomic mass is 10.0. The fourth-order valence-corrected chi connectivity index (χ4v) is 3.62. The predicted octanol–water partition coefficient (Wildman–Crippen LogP) is 5.40. The van der Waals surface area contributed by atoms with Crippen molar-refractivity contribution in [2.24, 2.45) is 5.73 Å². The molecule has 1 atom stereocenters. The quantitative estimate of drug-likeness (QED) is 0.190. The van der Waals surface area contributed by atoms with Crippen molar-refractivity contribution in [3.63, 3.8) is 0 Å². The van der Waals surface area contributed by atoms with Crippen LogP contribution >= 0.6 is 0 Å². The second-order valence-electron chi connectivity index (χ2n) is 8.25. The molecule has 4 nitrogen and oxygen atoms in total. The van der Waals surface area contributed by atoms with Gasteiger partial charge in [0, 0.05) is 32.7 Å². The van der Waals surface area contributed by atoms with Crippen LogP contribution in [0.15, 0.2) is 0 Å². The molecule has 28 heavy (non-hydrogen) atoms. The highest BCUT2D eigenvalue weighted by atomic mass is 16.5. The molecule has 0 aliphatic rings. The van der Waals surface area contributed by atoms with Gasteiger partial charge in [0.1, 0.15) is 0 Å². The molecule has 0 aromatic heterocycles. The molecular formula is C24H53N3O. The van der Waals surface area contributed by atoms with Gasteiger partial charge in [-0.25, -0.2) is 0 Å². The molecule has 4 N–H and O–H groups in total. The van der Waals surface area contributed by atoms with E-state index >= 15 is 0 Å². The number of nitrogens with one attached hydrogen (secondary N) is 2. The van der Waals surface area contributed by atoms with Crippen LogP contribution < -0.4 is 16.4 Å². The molecule has 0 fully saturated rings. The standard InChI is InChI=1S/C24H53N3O/c1-3-5-7-9-11-13-15-17-24(16-14-12-10-8-6-4-2)28-23-22-27-21-20-26-19-18-25/h24,26-27H,3-23,25H2,1-2H3. The van der Waals surface area contributed by atoms with E-state index in [0.717, 1.165) is 32.8 Å². The molecule has 0 aromatic carbocycles. The van der Waals surface area contributed by atoms with Crippen molar-refractivity contribution in [3.05, 3.63) is 0 Å². The molecule has 0 saturated carbocycles. The van der Waals surface area contributed by atoms with Crippen LogP contribution in [0.1, 0.15) is 110 Å². The summed E-state index contributed by atoms with van der Waals surface area (Å²) < 4.78 is 6.24. The number of nitrogens with two attached hydrogens (primary N) is 1. The zero-order valence-corrected chi connectivity index (χ0v) is 19.4. The van der Waals surface area contributed by atoms with Crippen LogP contribution in [0.5, 0.6) is 0 Å². The van der Waals surface area contributed by atoms with Crippen LogP contribution in [-0.4, -0.2) is 45.4 Å². The Labute approximate surface area is 177 Å². The fourth-order valence-electron chi connectivity index (χ4n) is 3.62. The molecule has 0 aliphatic heterocycles. The van der Waals surface area contributed by atoms with Gasteiger partial charge in [-0.1, -0.05) is 97.3 Å². The van der Waals surface area contributed by atoms with Crippen molar-refractivity contribution in [3.8, 4) is 0 Å². The summed E-state index contributed by atoms with van der Waals surface area (Å²) in [5.41, 5.74) is 5.48. The van der Waals surface area contributed by atoms with E-state index in [4.69, 9.17) is 10.5 Å². The van der Waals surface area contributed by atoms with E-state index in [1.54, 1.807) is 0 Å². The van der Waals surface area contributed by atoms with Crippen LogP contribution in [0.4, 0.5) is 0 Å². The van der Waals surface area contributed by atoms with E-state index < -0.39 is 0 Å². The Morgan fingerprint density at radius 2 is 1.07 bits per heavy atom. The van der Waals surface area contributed by atoms with Crippen molar-refractivity contribution < 1.29 is 4.74 Å². The van der Waals surface area contributed by atoms with E-state index in [-0.39, 0.29) is 0 Å². The maximum Gasteiger partial charge on any atom is 0.0594 e. The summed E-state index contributed by atoms with van der Waals surface area (Å²) in [6.45, 7) is 9.95. The van der Waals surface area contributed by atoms with Crippen LogP contribution in [-0.2, 0) is 4.74 Å². The number of ether oxygens (including phenoxy) is 1. The Morgan fingerprint density at radius 3 is 1.57 bits per heavy atom. The molecule has 0 rings (SSSR count). The average molecular weight is 400 g/mol. The van der Waals surface area contributed by atoms with Crippen molar-refractivity contribution in [1.29, 1.82) is 0 Å². The number of rotatable bonds is 24. The lowest BCUT2D eigenvalue weighted by Crippen LogP contribution is -2.32. The highest BCUT2D eigenvalue weighted by Gasteiger charge is 2.09. The molecule has 0 saturated heterocycles. The maximum atomic E-state index is 6.24. The smallest absolute Gasteiger partial charge is 0.0594 e. The van der Waals surface area contributed by atoms with Gasteiger partial charge in [0.15, 0.2) is 0 Å². The molecule has 4 heteroatoms. The van der Waals surface area contributed by atoms with Gasteiger partial charge in [0.25, 0.3) is 0 Å². The molecule has 0 heterocycles. The van der Waals surface area contributed by atoms with Gasteiger partial charge < -0.3 is 21.1 Å². The summed E-state index contributed by atoms with van der Waals surface area (Å²) in [4.78, 5) is 0. The number of unbranched alkanes of at least 4 members (excludes halogenated alkanes) is 11. The van der Waals surface area contributed by atoms with Gasteiger partial charge >= 0.3 is 0 Å². The second-order valence-corrected chi connectivity index (χ2v) is 8.25. The zero-order valence-electron chi connectivity index (χ0n) is 19.4. The van der Waals surface area contributed by atoms with Gasteiger partial charge in [-0.05, 0) is 12.8 Å². The molecule has 0 aromatic rings. The third kappa shape index (κ3) is 22.1. The van der Waals surface area contributed by atoms with Crippen LogP contribution in [0, 0.1) is 0 Å². The van der Waals surface area contributed by atoms with Crippen LogP contribution in [0.2, 0.25) is 0 Å². The summed E-state index contributed by atoms with van der Waals surface area (Å²) >= 11 is 0. The molecule has 0 bridgehead atoms. The first-order chi connectivity index (χ1) is 13.8. The zero-order chi connectivity index (χ0) is 20.5. The van der Waals surface area contributed by atoms with Gasteiger partial charge in [-0.15, -0.1) is 0 Å². The molecule has 1 unspecified atom stereocenters. The second kappa shape index (κ2) is 24.9. The first-order valence-corrected chi connectivity index (χ1v) is 12.6.